The number of rotatable bonds is 7. The summed E-state index contributed by atoms with van der Waals surface area (Å²) in [6.07, 6.45) is 3.58. The second-order valence-electron chi connectivity index (χ2n) is 8.12. The lowest BCUT2D eigenvalue weighted by molar-refractivity contribution is 0.0528. The number of nitrogens with zero attached hydrogens (tertiary/aromatic N) is 3. The minimum absolute atomic E-state index is 0.359. The zero-order chi connectivity index (χ0) is 26.2. The fourth-order valence-electron chi connectivity index (χ4n) is 4.02. The van der Waals surface area contributed by atoms with Crippen molar-refractivity contribution >= 4 is 11.8 Å². The topological polar surface area (TPSA) is 94.9 Å². The molecule has 186 valence electrons. The van der Waals surface area contributed by atoms with E-state index in [0.29, 0.717) is 12.1 Å². The molecule has 0 saturated heterocycles. The molecule has 0 bridgehead atoms. The van der Waals surface area contributed by atoms with E-state index in [1.807, 2.05) is 0 Å². The predicted octanol–water partition coefficient (Wildman–Crippen LogP) is 2.79. The molecule has 0 aliphatic carbocycles. The lowest BCUT2D eigenvalue weighted by Crippen LogP contribution is -2.64. The number of halogens is 3. The van der Waals surface area contributed by atoms with Gasteiger partial charge < -0.3 is 15.3 Å². The summed E-state index contributed by atoms with van der Waals surface area (Å²) in [5.74, 6) is -6.23. The molecule has 2 N–H and O–H groups in total. The van der Waals surface area contributed by atoms with Gasteiger partial charge in [-0.05, 0) is 20.8 Å². The number of nitrogens with one attached hydrogen (secondary N) is 1. The first-order valence-electron chi connectivity index (χ1n) is 10.7. The van der Waals surface area contributed by atoms with Crippen molar-refractivity contribution in [2.45, 2.75) is 45.6 Å². The number of fused-ring (bicyclic) bond motifs is 1. The third kappa shape index (κ3) is 4.41. The maximum atomic E-state index is 13.9. The van der Waals surface area contributed by atoms with Gasteiger partial charge in [0.1, 0.15) is 29.2 Å². The van der Waals surface area contributed by atoms with E-state index in [1.54, 1.807) is 31.9 Å². The van der Waals surface area contributed by atoms with Gasteiger partial charge in [-0.2, -0.15) is 0 Å². The summed E-state index contributed by atoms with van der Waals surface area (Å²) in [6, 6.07) is 0.0454. The van der Waals surface area contributed by atoms with Gasteiger partial charge in [0.2, 0.25) is 5.43 Å². The lowest BCUT2D eigenvalue weighted by atomic mass is 10.1. The summed E-state index contributed by atoms with van der Waals surface area (Å²) in [5.41, 5.74) is -2.68. The SMILES string of the molecule is C=C[C@@H](C)N1C(C)N([C@@H](C)C=C)C(=O)c2c(O)c(=O)c(C(=O)NCc3c(F)cc(F)cc3F)cn21. The molecule has 2 aromatic rings. The first-order valence-corrected chi connectivity index (χ1v) is 10.7. The third-order valence-corrected chi connectivity index (χ3v) is 5.95. The molecule has 1 aliphatic heterocycles. The van der Waals surface area contributed by atoms with E-state index in [9.17, 15) is 32.7 Å². The Morgan fingerprint density at radius 3 is 2.26 bits per heavy atom. The highest BCUT2D eigenvalue weighted by Gasteiger charge is 2.41. The van der Waals surface area contributed by atoms with Crippen molar-refractivity contribution in [3.8, 4) is 5.75 Å². The van der Waals surface area contributed by atoms with Gasteiger partial charge in [0.25, 0.3) is 11.8 Å². The summed E-state index contributed by atoms with van der Waals surface area (Å²) < 4.78 is 42.2. The molecule has 0 radical (unpaired) electrons. The van der Waals surface area contributed by atoms with Crippen molar-refractivity contribution in [3.05, 3.63) is 88.1 Å². The molecule has 1 aliphatic rings. The number of hydrogen-bond acceptors (Lipinski definition) is 5. The summed E-state index contributed by atoms with van der Waals surface area (Å²) in [6.45, 7) is 12.0. The average Bonchev–Trinajstić information content (AvgIpc) is 2.79. The van der Waals surface area contributed by atoms with Gasteiger partial charge in [-0.25, -0.2) is 13.2 Å². The van der Waals surface area contributed by atoms with E-state index in [1.165, 1.54) is 15.7 Å². The van der Waals surface area contributed by atoms with Gasteiger partial charge in [-0.15, -0.1) is 13.2 Å². The minimum atomic E-state index is -1.21. The molecule has 3 atom stereocenters. The van der Waals surface area contributed by atoms with Gasteiger partial charge in [-0.3, -0.25) is 24.1 Å². The molecular formula is C24H25F3N4O4. The molecule has 8 nitrogen and oxygen atoms in total. The van der Waals surface area contributed by atoms with Gasteiger partial charge in [0.05, 0.1) is 6.04 Å². The Hall–Kier alpha value is -4.02. The van der Waals surface area contributed by atoms with Gasteiger partial charge in [-0.1, -0.05) is 12.2 Å². The summed E-state index contributed by atoms with van der Waals surface area (Å²) in [7, 11) is 0. The summed E-state index contributed by atoms with van der Waals surface area (Å²) >= 11 is 0. The molecular weight excluding hydrogens is 465 g/mol. The molecule has 2 heterocycles. The Labute approximate surface area is 199 Å². The van der Waals surface area contributed by atoms with Crippen molar-refractivity contribution in [1.29, 1.82) is 0 Å². The zero-order valence-electron chi connectivity index (χ0n) is 19.4. The first-order chi connectivity index (χ1) is 16.4. The molecule has 11 heteroatoms. The number of pyridine rings is 1. The van der Waals surface area contributed by atoms with E-state index in [4.69, 9.17) is 0 Å². The zero-order valence-corrected chi connectivity index (χ0v) is 19.4. The van der Waals surface area contributed by atoms with Crippen LogP contribution in [0.15, 0.2) is 48.4 Å². The fourth-order valence-corrected chi connectivity index (χ4v) is 4.02. The molecule has 1 unspecified atom stereocenters. The van der Waals surface area contributed by atoms with Crippen LogP contribution in [0.1, 0.15) is 47.2 Å². The molecule has 0 spiro atoms. The second kappa shape index (κ2) is 9.69. The van der Waals surface area contributed by atoms with Crippen molar-refractivity contribution in [1.82, 2.24) is 14.9 Å². The van der Waals surface area contributed by atoms with Crippen molar-refractivity contribution in [2.75, 3.05) is 5.01 Å². The minimum Gasteiger partial charge on any atom is -0.502 e. The van der Waals surface area contributed by atoms with Crippen LogP contribution in [0.2, 0.25) is 0 Å². The Bertz CT molecular complexity index is 1250. The predicted molar refractivity (Wildman–Crippen MR) is 123 cm³/mol. The van der Waals surface area contributed by atoms with E-state index >= 15 is 0 Å². The molecule has 0 fully saturated rings. The van der Waals surface area contributed by atoms with Crippen molar-refractivity contribution in [2.24, 2.45) is 0 Å². The highest BCUT2D eigenvalue weighted by Crippen LogP contribution is 2.28. The monoisotopic (exact) mass is 490 g/mol. The second-order valence-corrected chi connectivity index (χ2v) is 8.12. The number of hydrogen-bond donors (Lipinski definition) is 2. The molecule has 2 amide bonds. The third-order valence-electron chi connectivity index (χ3n) is 5.95. The average molecular weight is 490 g/mol. The number of aromatic hydroxyl groups is 1. The largest absolute Gasteiger partial charge is 0.502 e. The standard InChI is InChI=1S/C24H25F3N4O4/c1-6-12(3)30-14(5)31(13(4)7-2)29-11-17(21(32)22(33)20(29)24(30)35)23(34)28-10-16-18(26)8-15(25)9-19(16)27/h6-9,11-14,33H,1-2,10H2,3-5H3,(H,28,34)/t12-,13+,14?/m0/s1. The number of aromatic nitrogens is 1. The normalized spacial score (nSPS) is 17.0. The van der Waals surface area contributed by atoms with Crippen molar-refractivity contribution in [3.63, 3.8) is 0 Å². The molecule has 1 aromatic heterocycles. The summed E-state index contributed by atoms with van der Waals surface area (Å²) in [4.78, 5) is 40.3. The van der Waals surface area contributed by atoms with Crippen LogP contribution in [0, 0.1) is 17.5 Å². The smallest absolute Gasteiger partial charge is 0.278 e. The quantitative estimate of drug-likeness (QED) is 0.582. The highest BCUT2D eigenvalue weighted by atomic mass is 19.1. The van der Waals surface area contributed by atoms with Gasteiger partial charge in [0, 0.05) is 36.5 Å². The first kappa shape index (κ1) is 25.6. The van der Waals surface area contributed by atoms with Crippen molar-refractivity contribution < 1.29 is 27.9 Å². The number of amides is 2. The van der Waals surface area contributed by atoms with E-state index < -0.39 is 76.4 Å². The van der Waals surface area contributed by atoms with Crippen LogP contribution >= 0.6 is 0 Å². The Balaban J connectivity index is 2.08. The molecule has 35 heavy (non-hydrogen) atoms. The molecule has 1 aromatic carbocycles. The number of carbonyl (C=O) groups is 2. The van der Waals surface area contributed by atoms with Crippen LogP contribution in [0.5, 0.6) is 5.75 Å². The Morgan fingerprint density at radius 1 is 1.14 bits per heavy atom. The van der Waals surface area contributed by atoms with Crippen LogP contribution in [0.25, 0.3) is 0 Å². The highest BCUT2D eigenvalue weighted by molar-refractivity contribution is 5.99. The molecule has 3 rings (SSSR count). The van der Waals surface area contributed by atoms with E-state index in [2.05, 4.69) is 18.5 Å². The van der Waals surface area contributed by atoms with Crippen LogP contribution in [0.3, 0.4) is 0 Å². The van der Waals surface area contributed by atoms with Crippen LogP contribution in [-0.4, -0.2) is 44.7 Å². The lowest BCUT2D eigenvalue weighted by Gasteiger charge is -2.48. The van der Waals surface area contributed by atoms with Crippen LogP contribution < -0.4 is 15.8 Å². The van der Waals surface area contributed by atoms with Crippen LogP contribution in [-0.2, 0) is 6.54 Å². The van der Waals surface area contributed by atoms with Crippen LogP contribution in [0.4, 0.5) is 13.2 Å². The van der Waals surface area contributed by atoms with E-state index in [0.717, 1.165) is 6.20 Å². The number of carbonyl (C=O) groups excluding carboxylic acids is 2. The fraction of sp³-hybridized carbons (Fsp3) is 0.292. The summed E-state index contributed by atoms with van der Waals surface area (Å²) in [5, 5.41) is 14.5. The number of benzene rings is 1. The maximum Gasteiger partial charge on any atom is 0.278 e. The maximum absolute atomic E-state index is 13.9. The van der Waals surface area contributed by atoms with Gasteiger partial charge in [0.15, 0.2) is 11.4 Å². The Kier molecular flexibility index (Phi) is 7.09. The van der Waals surface area contributed by atoms with E-state index in [-0.39, 0.29) is 5.69 Å². The molecule has 0 saturated carbocycles. The van der Waals surface area contributed by atoms with Gasteiger partial charge >= 0.3 is 0 Å². The Morgan fingerprint density at radius 2 is 1.71 bits per heavy atom.